The summed E-state index contributed by atoms with van der Waals surface area (Å²) in [6, 6.07) is 1.91. The molecule has 0 radical (unpaired) electrons. The summed E-state index contributed by atoms with van der Waals surface area (Å²) in [5, 5.41) is 3.04. The van der Waals surface area contributed by atoms with E-state index in [1.54, 1.807) is 17.5 Å². The van der Waals surface area contributed by atoms with Gasteiger partial charge in [-0.1, -0.05) is 0 Å². The molecule has 2 aromatic heterocycles. The van der Waals surface area contributed by atoms with Crippen LogP contribution in [0.1, 0.15) is 28.2 Å². The Morgan fingerprint density at radius 3 is 3.12 bits per heavy atom. The molecular formula is C12H12N2OS. The number of aromatic nitrogens is 2. The highest BCUT2D eigenvalue weighted by Gasteiger charge is 2.30. The van der Waals surface area contributed by atoms with Crippen LogP contribution in [0, 0.1) is 5.92 Å². The van der Waals surface area contributed by atoms with Crippen molar-refractivity contribution in [2.24, 2.45) is 5.92 Å². The van der Waals surface area contributed by atoms with E-state index in [2.05, 4.69) is 4.98 Å². The predicted octanol–water partition coefficient (Wildman–Crippen LogP) is 2.59. The topological polar surface area (TPSA) is 34.9 Å². The summed E-state index contributed by atoms with van der Waals surface area (Å²) in [5.74, 6) is 0.605. The van der Waals surface area contributed by atoms with E-state index in [-0.39, 0.29) is 0 Å². The van der Waals surface area contributed by atoms with Crippen molar-refractivity contribution in [1.82, 2.24) is 9.55 Å². The number of ketones is 1. The lowest BCUT2D eigenvalue weighted by atomic mass is 10.1. The number of carbonyl (C=O) groups excluding carboxylic acids is 1. The molecule has 2 heterocycles. The molecule has 0 aliphatic heterocycles. The van der Waals surface area contributed by atoms with Gasteiger partial charge in [0.15, 0.2) is 5.78 Å². The second-order valence-electron chi connectivity index (χ2n) is 4.14. The first kappa shape index (κ1) is 9.78. The van der Waals surface area contributed by atoms with Gasteiger partial charge in [0.05, 0.1) is 6.54 Å². The molecule has 82 valence electrons. The maximum atomic E-state index is 11.8. The number of carbonyl (C=O) groups is 1. The number of rotatable bonds is 4. The molecule has 1 aliphatic carbocycles. The van der Waals surface area contributed by atoms with E-state index >= 15 is 0 Å². The molecule has 0 aromatic carbocycles. The molecule has 0 saturated heterocycles. The van der Waals surface area contributed by atoms with Crippen molar-refractivity contribution in [3.63, 3.8) is 0 Å². The molecule has 2 aromatic rings. The quantitative estimate of drug-likeness (QED) is 0.759. The summed E-state index contributed by atoms with van der Waals surface area (Å²) in [5.41, 5.74) is 0.846. The highest BCUT2D eigenvalue weighted by molar-refractivity contribution is 7.09. The molecule has 4 heteroatoms. The monoisotopic (exact) mass is 232 g/mol. The maximum absolute atomic E-state index is 11.8. The Labute approximate surface area is 97.7 Å². The zero-order valence-electron chi connectivity index (χ0n) is 8.80. The first-order valence-corrected chi connectivity index (χ1v) is 6.29. The van der Waals surface area contributed by atoms with Crippen LogP contribution < -0.4 is 0 Å². The van der Waals surface area contributed by atoms with E-state index < -0.39 is 0 Å². The number of hydrogen-bond acceptors (Lipinski definition) is 3. The summed E-state index contributed by atoms with van der Waals surface area (Å²) in [6.07, 6.45) is 7.83. The average Bonchev–Trinajstić information content (AvgIpc) is 2.82. The highest BCUT2D eigenvalue weighted by Crippen LogP contribution is 2.32. The Morgan fingerprint density at radius 1 is 1.56 bits per heavy atom. The van der Waals surface area contributed by atoms with Gasteiger partial charge in [0.1, 0.15) is 5.01 Å². The molecule has 1 saturated carbocycles. The van der Waals surface area contributed by atoms with Gasteiger partial charge < -0.3 is 4.57 Å². The molecule has 3 nitrogen and oxygen atoms in total. The third-order valence-corrected chi connectivity index (χ3v) is 3.55. The molecule has 0 bridgehead atoms. The lowest BCUT2D eigenvalue weighted by Gasteiger charge is -1.98. The fraction of sp³-hybridized carbons (Fsp3) is 0.333. The Bertz CT molecular complexity index is 497. The molecule has 1 aliphatic rings. The highest BCUT2D eigenvalue weighted by atomic mass is 32.1. The van der Waals surface area contributed by atoms with Crippen molar-refractivity contribution >= 4 is 17.1 Å². The lowest BCUT2D eigenvalue weighted by molar-refractivity contribution is 0.0967. The Morgan fingerprint density at radius 2 is 2.44 bits per heavy atom. The van der Waals surface area contributed by atoms with Crippen LogP contribution in [0.25, 0.3) is 0 Å². The minimum atomic E-state index is 0.302. The van der Waals surface area contributed by atoms with Gasteiger partial charge in [-0.2, -0.15) is 0 Å². The second-order valence-corrected chi connectivity index (χ2v) is 5.12. The summed E-state index contributed by atoms with van der Waals surface area (Å²) >= 11 is 1.64. The molecule has 0 atom stereocenters. The van der Waals surface area contributed by atoms with Crippen molar-refractivity contribution in [2.75, 3.05) is 0 Å². The van der Waals surface area contributed by atoms with Crippen LogP contribution in [0.15, 0.2) is 30.0 Å². The molecule has 0 spiro atoms. The van der Waals surface area contributed by atoms with Gasteiger partial charge in [0, 0.05) is 35.5 Å². The number of hydrogen-bond donors (Lipinski definition) is 0. The van der Waals surface area contributed by atoms with Crippen molar-refractivity contribution in [3.05, 3.63) is 40.6 Å². The van der Waals surface area contributed by atoms with Crippen LogP contribution in [-0.2, 0) is 6.54 Å². The SMILES string of the molecule is O=C(c1ccn(Cc2nccs2)c1)C1CC1. The largest absolute Gasteiger partial charge is 0.347 e. The van der Waals surface area contributed by atoms with Gasteiger partial charge in [-0.15, -0.1) is 11.3 Å². The average molecular weight is 232 g/mol. The number of Topliss-reactive ketones (excluding diaryl/α,β-unsaturated/α-hetero) is 1. The number of thiazole rings is 1. The zero-order valence-corrected chi connectivity index (χ0v) is 9.61. The zero-order chi connectivity index (χ0) is 11.0. The van der Waals surface area contributed by atoms with Crippen LogP contribution in [-0.4, -0.2) is 15.3 Å². The van der Waals surface area contributed by atoms with E-state index in [0.717, 1.165) is 30.0 Å². The van der Waals surface area contributed by atoms with Gasteiger partial charge in [-0.3, -0.25) is 4.79 Å². The lowest BCUT2D eigenvalue weighted by Crippen LogP contribution is -2.00. The molecule has 0 amide bonds. The van der Waals surface area contributed by atoms with Crippen LogP contribution in [0.3, 0.4) is 0 Å². The number of nitrogens with zero attached hydrogens (tertiary/aromatic N) is 2. The second kappa shape index (κ2) is 3.87. The van der Waals surface area contributed by atoms with E-state index in [1.165, 1.54) is 0 Å². The molecular weight excluding hydrogens is 220 g/mol. The summed E-state index contributed by atoms with van der Waals surface area (Å²) in [7, 11) is 0. The first-order chi connectivity index (χ1) is 7.83. The van der Waals surface area contributed by atoms with Gasteiger partial charge in [0.2, 0.25) is 0 Å². The van der Waals surface area contributed by atoms with E-state index in [4.69, 9.17) is 0 Å². The normalized spacial score (nSPS) is 15.2. The van der Waals surface area contributed by atoms with Crippen molar-refractivity contribution in [1.29, 1.82) is 0 Å². The fourth-order valence-electron chi connectivity index (χ4n) is 1.75. The molecule has 1 fully saturated rings. The van der Waals surface area contributed by atoms with Crippen molar-refractivity contribution < 1.29 is 4.79 Å². The van der Waals surface area contributed by atoms with Gasteiger partial charge >= 0.3 is 0 Å². The van der Waals surface area contributed by atoms with Gasteiger partial charge in [-0.05, 0) is 18.9 Å². The molecule has 0 unspecified atom stereocenters. The maximum Gasteiger partial charge on any atom is 0.167 e. The Kier molecular flexibility index (Phi) is 2.36. The Hall–Kier alpha value is -1.42. The van der Waals surface area contributed by atoms with Crippen LogP contribution in [0.4, 0.5) is 0 Å². The standard InChI is InChI=1S/C12H12N2OS/c15-12(9-1-2-9)10-3-5-14(7-10)8-11-13-4-6-16-11/h3-7,9H,1-2,8H2. The van der Waals surface area contributed by atoms with Gasteiger partial charge in [0.25, 0.3) is 0 Å². The van der Waals surface area contributed by atoms with Crippen molar-refractivity contribution in [3.8, 4) is 0 Å². The summed E-state index contributed by atoms with van der Waals surface area (Å²) < 4.78 is 2.02. The molecule has 3 rings (SSSR count). The molecule has 16 heavy (non-hydrogen) atoms. The smallest absolute Gasteiger partial charge is 0.167 e. The minimum Gasteiger partial charge on any atom is -0.347 e. The van der Waals surface area contributed by atoms with Crippen molar-refractivity contribution in [2.45, 2.75) is 19.4 Å². The minimum absolute atomic E-state index is 0.302. The summed E-state index contributed by atoms with van der Waals surface area (Å²) in [6.45, 7) is 0.760. The predicted molar refractivity (Wildman–Crippen MR) is 62.7 cm³/mol. The van der Waals surface area contributed by atoms with Crippen LogP contribution in [0.5, 0.6) is 0 Å². The van der Waals surface area contributed by atoms with E-state index in [1.807, 2.05) is 28.4 Å². The van der Waals surface area contributed by atoms with Crippen LogP contribution in [0.2, 0.25) is 0 Å². The first-order valence-electron chi connectivity index (χ1n) is 5.41. The van der Waals surface area contributed by atoms with Crippen LogP contribution >= 0.6 is 11.3 Å². The third kappa shape index (κ3) is 1.93. The Balaban J connectivity index is 1.74. The van der Waals surface area contributed by atoms with E-state index in [0.29, 0.717) is 11.7 Å². The molecule has 0 N–H and O–H groups in total. The fourth-order valence-corrected chi connectivity index (χ4v) is 2.38. The third-order valence-electron chi connectivity index (χ3n) is 2.78. The van der Waals surface area contributed by atoms with E-state index in [9.17, 15) is 4.79 Å². The summed E-state index contributed by atoms with van der Waals surface area (Å²) in [4.78, 5) is 16.0. The van der Waals surface area contributed by atoms with Gasteiger partial charge in [-0.25, -0.2) is 4.98 Å².